The average Bonchev–Trinajstić information content (AvgIpc) is 3.26. The van der Waals surface area contributed by atoms with Gasteiger partial charge in [0, 0.05) is 6.54 Å². The summed E-state index contributed by atoms with van der Waals surface area (Å²) in [4.78, 5) is 21.9. The summed E-state index contributed by atoms with van der Waals surface area (Å²) in [7, 11) is 0. The molecule has 0 aliphatic carbocycles. The lowest BCUT2D eigenvalue weighted by Crippen LogP contribution is -2.25. The third-order valence-electron chi connectivity index (χ3n) is 4.54. The minimum atomic E-state index is -0.180. The molecule has 0 saturated carbocycles. The summed E-state index contributed by atoms with van der Waals surface area (Å²) in [5, 5.41) is 5.94. The van der Waals surface area contributed by atoms with E-state index in [9.17, 15) is 4.79 Å². The number of amides is 1. The standard InChI is InChI=1S/C22H19N3O2S/c1-14-19(22(28-2)25-20(24-14)18-11-6-12-27-18)21(26)23-13-16-9-5-8-15-7-3-4-10-17(15)16/h3-12H,13H2,1-2H3,(H,23,26). The van der Waals surface area contributed by atoms with Crippen LogP contribution in [0.25, 0.3) is 22.4 Å². The number of nitrogens with zero attached hydrogens (tertiary/aromatic N) is 2. The average molecular weight is 389 g/mol. The van der Waals surface area contributed by atoms with Crippen molar-refractivity contribution < 1.29 is 9.21 Å². The number of fused-ring (bicyclic) bond motifs is 1. The first-order chi connectivity index (χ1) is 13.7. The van der Waals surface area contributed by atoms with E-state index in [1.54, 1.807) is 18.4 Å². The van der Waals surface area contributed by atoms with Crippen molar-refractivity contribution in [3.63, 3.8) is 0 Å². The van der Waals surface area contributed by atoms with Gasteiger partial charge in [-0.1, -0.05) is 42.5 Å². The molecule has 5 nitrogen and oxygen atoms in total. The second-order valence-corrected chi connectivity index (χ2v) is 7.11. The molecule has 0 bridgehead atoms. The molecule has 4 aromatic rings. The van der Waals surface area contributed by atoms with Crippen LogP contribution in [0, 0.1) is 6.92 Å². The molecule has 1 N–H and O–H groups in total. The van der Waals surface area contributed by atoms with Gasteiger partial charge in [-0.25, -0.2) is 9.97 Å². The van der Waals surface area contributed by atoms with Gasteiger partial charge in [-0.15, -0.1) is 11.8 Å². The molecule has 0 atom stereocenters. The van der Waals surface area contributed by atoms with Gasteiger partial charge in [0.1, 0.15) is 5.03 Å². The van der Waals surface area contributed by atoms with Crippen LogP contribution in [0.1, 0.15) is 21.6 Å². The smallest absolute Gasteiger partial charge is 0.256 e. The second-order valence-electron chi connectivity index (χ2n) is 6.32. The molecular formula is C22H19N3O2S. The van der Waals surface area contributed by atoms with Crippen molar-refractivity contribution in [3.8, 4) is 11.6 Å². The van der Waals surface area contributed by atoms with Crippen molar-refractivity contribution in [2.24, 2.45) is 0 Å². The zero-order valence-electron chi connectivity index (χ0n) is 15.6. The fraction of sp³-hybridized carbons (Fsp3) is 0.136. The Hall–Kier alpha value is -3.12. The van der Waals surface area contributed by atoms with E-state index in [1.165, 1.54) is 11.8 Å². The van der Waals surface area contributed by atoms with Crippen LogP contribution in [0.4, 0.5) is 0 Å². The highest BCUT2D eigenvalue weighted by atomic mass is 32.2. The highest BCUT2D eigenvalue weighted by Gasteiger charge is 2.19. The van der Waals surface area contributed by atoms with E-state index in [4.69, 9.17) is 4.42 Å². The van der Waals surface area contributed by atoms with Crippen molar-refractivity contribution >= 4 is 28.4 Å². The maximum atomic E-state index is 12.9. The van der Waals surface area contributed by atoms with Gasteiger partial charge in [0.2, 0.25) is 0 Å². The monoisotopic (exact) mass is 389 g/mol. The lowest BCUT2D eigenvalue weighted by Gasteiger charge is -2.12. The molecule has 2 aromatic heterocycles. The van der Waals surface area contributed by atoms with Gasteiger partial charge in [0.25, 0.3) is 5.91 Å². The Bertz CT molecular complexity index is 1130. The van der Waals surface area contributed by atoms with Crippen molar-refractivity contribution in [1.82, 2.24) is 15.3 Å². The van der Waals surface area contributed by atoms with E-state index < -0.39 is 0 Å². The normalized spacial score (nSPS) is 10.9. The Morgan fingerprint density at radius 1 is 1.07 bits per heavy atom. The summed E-state index contributed by atoms with van der Waals surface area (Å²) in [6, 6.07) is 17.8. The first kappa shape index (κ1) is 18.3. The molecule has 4 rings (SSSR count). The number of benzene rings is 2. The van der Waals surface area contributed by atoms with E-state index in [0.717, 1.165) is 16.3 Å². The predicted molar refractivity (Wildman–Crippen MR) is 111 cm³/mol. The molecule has 0 saturated heterocycles. The Kier molecular flexibility index (Phi) is 5.12. The third kappa shape index (κ3) is 3.51. The maximum Gasteiger partial charge on any atom is 0.256 e. The number of hydrogen-bond donors (Lipinski definition) is 1. The molecule has 0 fully saturated rings. The zero-order valence-corrected chi connectivity index (χ0v) is 16.4. The largest absolute Gasteiger partial charge is 0.461 e. The van der Waals surface area contributed by atoms with Gasteiger partial charge in [-0.05, 0) is 41.6 Å². The second kappa shape index (κ2) is 7.86. The molecule has 0 unspecified atom stereocenters. The molecule has 140 valence electrons. The maximum absolute atomic E-state index is 12.9. The number of aryl methyl sites for hydroxylation is 1. The van der Waals surface area contributed by atoms with Gasteiger partial charge in [0.05, 0.1) is 17.5 Å². The number of nitrogens with one attached hydrogen (secondary N) is 1. The quantitative estimate of drug-likeness (QED) is 0.390. The number of carbonyl (C=O) groups is 1. The van der Waals surface area contributed by atoms with Gasteiger partial charge < -0.3 is 9.73 Å². The minimum Gasteiger partial charge on any atom is -0.461 e. The topological polar surface area (TPSA) is 68.0 Å². The van der Waals surface area contributed by atoms with Crippen molar-refractivity contribution in [3.05, 3.63) is 77.7 Å². The summed E-state index contributed by atoms with van der Waals surface area (Å²) in [6.07, 6.45) is 3.48. The number of rotatable bonds is 5. The number of furan rings is 1. The first-order valence-corrected chi connectivity index (χ1v) is 10.1. The van der Waals surface area contributed by atoms with Crippen LogP contribution >= 0.6 is 11.8 Å². The number of thioether (sulfide) groups is 1. The number of carbonyl (C=O) groups excluding carboxylic acids is 1. The van der Waals surface area contributed by atoms with Crippen LogP contribution in [0.3, 0.4) is 0 Å². The third-order valence-corrected chi connectivity index (χ3v) is 5.22. The fourth-order valence-electron chi connectivity index (χ4n) is 3.18. The Balaban J connectivity index is 1.61. The first-order valence-electron chi connectivity index (χ1n) is 8.88. The van der Waals surface area contributed by atoms with Crippen molar-refractivity contribution in [1.29, 1.82) is 0 Å². The van der Waals surface area contributed by atoms with Crippen LogP contribution in [-0.2, 0) is 6.54 Å². The van der Waals surface area contributed by atoms with Gasteiger partial charge in [0.15, 0.2) is 11.6 Å². The molecule has 6 heteroatoms. The highest BCUT2D eigenvalue weighted by molar-refractivity contribution is 7.98. The summed E-state index contributed by atoms with van der Waals surface area (Å²) in [6.45, 7) is 2.26. The van der Waals surface area contributed by atoms with Crippen LogP contribution in [0.2, 0.25) is 0 Å². The van der Waals surface area contributed by atoms with Crippen LogP contribution in [0.15, 0.2) is 70.3 Å². The molecule has 0 aliphatic rings. The molecule has 2 aromatic carbocycles. The van der Waals surface area contributed by atoms with Crippen LogP contribution < -0.4 is 5.32 Å². The summed E-state index contributed by atoms with van der Waals surface area (Å²) in [5.74, 6) is 0.888. The number of hydrogen-bond acceptors (Lipinski definition) is 5. The SMILES string of the molecule is CSc1nc(-c2ccco2)nc(C)c1C(=O)NCc1cccc2ccccc12. The van der Waals surface area contributed by atoms with E-state index in [2.05, 4.69) is 33.5 Å². The van der Waals surface area contributed by atoms with Crippen molar-refractivity contribution in [2.75, 3.05) is 6.26 Å². The van der Waals surface area contributed by atoms with E-state index >= 15 is 0 Å². The predicted octanol–water partition coefficient (Wildman–Crippen LogP) is 4.85. The lowest BCUT2D eigenvalue weighted by molar-refractivity contribution is 0.0946. The van der Waals surface area contributed by atoms with Gasteiger partial charge in [-0.3, -0.25) is 4.79 Å². The minimum absolute atomic E-state index is 0.180. The van der Waals surface area contributed by atoms with E-state index in [-0.39, 0.29) is 5.91 Å². The van der Waals surface area contributed by atoms with Crippen LogP contribution in [-0.4, -0.2) is 22.1 Å². The molecule has 28 heavy (non-hydrogen) atoms. The molecular weight excluding hydrogens is 370 g/mol. The van der Waals surface area contributed by atoms with Crippen molar-refractivity contribution in [2.45, 2.75) is 18.5 Å². The molecule has 2 heterocycles. The zero-order chi connectivity index (χ0) is 19.5. The Labute approximate surface area is 167 Å². The number of aromatic nitrogens is 2. The van der Waals surface area contributed by atoms with E-state index in [1.807, 2.05) is 37.4 Å². The van der Waals surface area contributed by atoms with Gasteiger partial charge in [-0.2, -0.15) is 0 Å². The van der Waals surface area contributed by atoms with Crippen LogP contribution in [0.5, 0.6) is 0 Å². The molecule has 0 aliphatic heterocycles. The fourth-order valence-corrected chi connectivity index (χ4v) is 3.80. The summed E-state index contributed by atoms with van der Waals surface area (Å²) >= 11 is 1.42. The lowest BCUT2D eigenvalue weighted by atomic mass is 10.0. The Morgan fingerprint density at radius 2 is 1.89 bits per heavy atom. The highest BCUT2D eigenvalue weighted by Crippen LogP contribution is 2.25. The molecule has 0 spiro atoms. The van der Waals surface area contributed by atoms with Gasteiger partial charge >= 0.3 is 0 Å². The Morgan fingerprint density at radius 3 is 2.68 bits per heavy atom. The summed E-state index contributed by atoms with van der Waals surface area (Å²) in [5.41, 5.74) is 2.20. The molecule has 1 amide bonds. The van der Waals surface area contributed by atoms with E-state index in [0.29, 0.717) is 34.4 Å². The summed E-state index contributed by atoms with van der Waals surface area (Å²) < 4.78 is 5.39. The molecule has 0 radical (unpaired) electrons.